The number of likely N-dealkylation sites (tertiary alicyclic amines) is 1. The zero-order valence-corrected chi connectivity index (χ0v) is 16.7. The van der Waals surface area contributed by atoms with Crippen LogP contribution >= 0.6 is 0 Å². The number of Topliss-reactive ketones (excluding diaryl/α,β-unsaturated/α-hetero) is 1. The van der Waals surface area contributed by atoms with Gasteiger partial charge in [0.05, 0.1) is 0 Å². The second-order valence-electron chi connectivity index (χ2n) is 8.27. The molecule has 3 heterocycles. The van der Waals surface area contributed by atoms with Crippen LogP contribution in [0.4, 0.5) is 5.69 Å². The van der Waals surface area contributed by atoms with Crippen LogP contribution in [0, 0.1) is 13.8 Å². The molecule has 2 aliphatic rings. The van der Waals surface area contributed by atoms with Crippen LogP contribution in [-0.2, 0) is 6.42 Å². The van der Waals surface area contributed by atoms with E-state index in [-0.39, 0.29) is 5.78 Å². The van der Waals surface area contributed by atoms with Crippen LogP contribution in [0.15, 0.2) is 24.3 Å². The lowest BCUT2D eigenvalue weighted by atomic mass is 10.0. The van der Waals surface area contributed by atoms with Crippen LogP contribution in [0.3, 0.4) is 0 Å². The number of hydrogen-bond acceptors (Lipinski definition) is 4. The summed E-state index contributed by atoms with van der Waals surface area (Å²) in [4.78, 5) is 17.6. The lowest BCUT2D eigenvalue weighted by Crippen LogP contribution is -2.39. The van der Waals surface area contributed by atoms with Crippen molar-refractivity contribution < 1.29 is 4.79 Å². The molecule has 0 saturated carbocycles. The number of carbonyl (C=O) groups excluding carboxylic acids is 1. The number of H-pyrrole nitrogens is 1. The van der Waals surface area contributed by atoms with Crippen molar-refractivity contribution in [3.63, 3.8) is 0 Å². The molecular weight excluding hydrogens is 336 g/mol. The normalized spacial score (nSPS) is 23.3. The van der Waals surface area contributed by atoms with Crippen LogP contribution in [0.25, 0.3) is 0 Å². The Morgan fingerprint density at radius 3 is 2.74 bits per heavy atom. The van der Waals surface area contributed by atoms with Crippen LogP contribution in [0.5, 0.6) is 0 Å². The summed E-state index contributed by atoms with van der Waals surface area (Å²) < 4.78 is 0. The van der Waals surface area contributed by atoms with Crippen LogP contribution in [-0.4, -0.2) is 52.6 Å². The predicted molar refractivity (Wildman–Crippen MR) is 109 cm³/mol. The summed E-state index contributed by atoms with van der Waals surface area (Å²) in [5.41, 5.74) is 5.08. The maximum atomic E-state index is 12.4. The van der Waals surface area contributed by atoms with Crippen LogP contribution in [0.1, 0.15) is 53.5 Å². The van der Waals surface area contributed by atoms with Crippen molar-refractivity contribution in [2.24, 2.45) is 0 Å². The first-order chi connectivity index (χ1) is 13.0. The Balaban J connectivity index is 1.42. The van der Waals surface area contributed by atoms with Gasteiger partial charge in [0.2, 0.25) is 0 Å². The van der Waals surface area contributed by atoms with Crippen molar-refractivity contribution in [3.8, 4) is 0 Å². The van der Waals surface area contributed by atoms with Crippen molar-refractivity contribution in [3.05, 3.63) is 46.8 Å². The fourth-order valence-corrected chi connectivity index (χ4v) is 4.75. The summed E-state index contributed by atoms with van der Waals surface area (Å²) in [7, 11) is 0. The van der Waals surface area contributed by atoms with E-state index in [0.717, 1.165) is 30.4 Å². The lowest BCUT2D eigenvalue weighted by molar-refractivity contribution is 0.0988. The first-order valence-electron chi connectivity index (χ1n) is 10.2. The average Bonchev–Trinajstić information content (AvgIpc) is 3.36. The highest BCUT2D eigenvalue weighted by atomic mass is 16.1. The number of carbonyl (C=O) groups is 1. The lowest BCUT2D eigenvalue weighted by Gasteiger charge is -2.29. The number of aryl methyl sites for hydroxylation is 2. The van der Waals surface area contributed by atoms with Gasteiger partial charge >= 0.3 is 0 Å². The molecule has 1 aromatic heterocycles. The number of nitrogens with one attached hydrogen (secondary N) is 1. The Morgan fingerprint density at radius 1 is 1.22 bits per heavy atom. The zero-order chi connectivity index (χ0) is 19.0. The number of rotatable bonds is 5. The molecule has 27 heavy (non-hydrogen) atoms. The number of benzene rings is 1. The second-order valence-corrected chi connectivity index (χ2v) is 8.27. The third kappa shape index (κ3) is 3.79. The van der Waals surface area contributed by atoms with Gasteiger partial charge in [0.15, 0.2) is 5.78 Å². The molecule has 2 fully saturated rings. The van der Waals surface area contributed by atoms with Crippen molar-refractivity contribution in [1.29, 1.82) is 0 Å². The largest absolute Gasteiger partial charge is 0.370 e. The number of ketones is 1. The maximum absolute atomic E-state index is 12.4. The third-order valence-corrected chi connectivity index (χ3v) is 6.19. The number of anilines is 1. The predicted octanol–water partition coefficient (Wildman–Crippen LogP) is 3.51. The molecule has 2 aromatic rings. The smallest absolute Gasteiger partial charge is 0.187 e. The molecule has 0 aliphatic carbocycles. The minimum Gasteiger partial charge on any atom is -0.370 e. The molecule has 0 spiro atoms. The molecule has 0 bridgehead atoms. The Hall–Kier alpha value is -2.14. The van der Waals surface area contributed by atoms with Gasteiger partial charge in [-0.25, -0.2) is 0 Å². The van der Waals surface area contributed by atoms with E-state index in [0.29, 0.717) is 18.2 Å². The van der Waals surface area contributed by atoms with E-state index in [1.807, 2.05) is 13.0 Å². The quantitative estimate of drug-likeness (QED) is 0.823. The van der Waals surface area contributed by atoms with E-state index < -0.39 is 0 Å². The van der Waals surface area contributed by atoms with Gasteiger partial charge in [-0.3, -0.25) is 14.8 Å². The van der Waals surface area contributed by atoms with Gasteiger partial charge in [-0.1, -0.05) is 12.1 Å². The van der Waals surface area contributed by atoms with E-state index in [2.05, 4.69) is 52.0 Å². The third-order valence-electron chi connectivity index (χ3n) is 6.19. The van der Waals surface area contributed by atoms with E-state index >= 15 is 0 Å². The summed E-state index contributed by atoms with van der Waals surface area (Å²) >= 11 is 0. The highest BCUT2D eigenvalue weighted by Crippen LogP contribution is 2.30. The summed E-state index contributed by atoms with van der Waals surface area (Å²) in [6, 6.07) is 9.70. The van der Waals surface area contributed by atoms with E-state index in [1.54, 1.807) is 0 Å². The van der Waals surface area contributed by atoms with Gasteiger partial charge in [0.1, 0.15) is 5.69 Å². The molecule has 0 amide bonds. The highest BCUT2D eigenvalue weighted by molar-refractivity contribution is 5.95. The number of nitrogens with zero attached hydrogens (tertiary/aromatic N) is 3. The zero-order valence-electron chi connectivity index (χ0n) is 16.7. The molecule has 2 aliphatic heterocycles. The number of hydrogen-bond donors (Lipinski definition) is 1. The monoisotopic (exact) mass is 366 g/mol. The molecule has 0 unspecified atom stereocenters. The standard InChI is InChI=1S/C22H30N4O/c1-15-11-18(13-22(27)20-12-16(2)23-24-20)6-7-21(15)25-10-8-19(14-25)26-9-4-5-17(26)3/h6-7,11-12,17,19H,4-5,8-10,13-14H2,1-3H3,(H,23,24)/t17-,19-/m0/s1. The molecule has 1 aromatic carbocycles. The topological polar surface area (TPSA) is 52.2 Å². The van der Waals surface area contributed by atoms with Gasteiger partial charge in [-0.05, 0) is 69.8 Å². The molecule has 4 rings (SSSR count). The van der Waals surface area contributed by atoms with Crippen molar-refractivity contribution in [2.45, 2.75) is 58.5 Å². The van der Waals surface area contributed by atoms with Crippen LogP contribution < -0.4 is 4.90 Å². The van der Waals surface area contributed by atoms with Gasteiger partial charge in [0.25, 0.3) is 0 Å². The highest BCUT2D eigenvalue weighted by Gasteiger charge is 2.33. The Kier molecular flexibility index (Phi) is 5.04. The molecule has 144 valence electrons. The summed E-state index contributed by atoms with van der Waals surface area (Å²) in [5.74, 6) is 0.0655. The molecule has 0 radical (unpaired) electrons. The molecule has 5 heteroatoms. The number of aromatic amines is 1. The minimum absolute atomic E-state index is 0.0655. The van der Waals surface area contributed by atoms with Gasteiger partial charge < -0.3 is 4.90 Å². The maximum Gasteiger partial charge on any atom is 0.187 e. The summed E-state index contributed by atoms with van der Waals surface area (Å²) in [5, 5.41) is 6.92. The van der Waals surface area contributed by atoms with E-state index in [1.165, 1.54) is 37.1 Å². The molecule has 1 N–H and O–H groups in total. The SMILES string of the molecule is Cc1cc(C(=O)Cc2ccc(N3CC[C@H](N4CCC[C@@H]4C)C3)c(C)c2)n[nH]1. The second kappa shape index (κ2) is 7.47. The molecule has 5 nitrogen and oxygen atoms in total. The molecular formula is C22H30N4O. The van der Waals surface area contributed by atoms with Crippen LogP contribution in [0.2, 0.25) is 0 Å². The van der Waals surface area contributed by atoms with Crippen molar-refractivity contribution in [1.82, 2.24) is 15.1 Å². The van der Waals surface area contributed by atoms with E-state index in [4.69, 9.17) is 0 Å². The number of aromatic nitrogens is 2. The van der Waals surface area contributed by atoms with Crippen molar-refractivity contribution in [2.75, 3.05) is 24.5 Å². The van der Waals surface area contributed by atoms with Gasteiger partial charge in [-0.2, -0.15) is 5.10 Å². The van der Waals surface area contributed by atoms with Crippen molar-refractivity contribution >= 4 is 11.5 Å². The Morgan fingerprint density at radius 2 is 2.07 bits per heavy atom. The minimum atomic E-state index is 0.0655. The Bertz CT molecular complexity index is 827. The Labute approximate surface area is 161 Å². The summed E-state index contributed by atoms with van der Waals surface area (Å²) in [6.07, 6.45) is 4.34. The summed E-state index contributed by atoms with van der Waals surface area (Å²) in [6.45, 7) is 9.94. The van der Waals surface area contributed by atoms with E-state index in [9.17, 15) is 4.79 Å². The first kappa shape index (κ1) is 18.2. The van der Waals surface area contributed by atoms with Gasteiger partial charge in [-0.15, -0.1) is 0 Å². The fraction of sp³-hybridized carbons (Fsp3) is 0.545. The fourth-order valence-electron chi connectivity index (χ4n) is 4.75. The molecule has 2 saturated heterocycles. The average molecular weight is 367 g/mol. The molecule has 2 atom stereocenters. The van der Waals surface area contributed by atoms with Gasteiger partial charge in [0, 0.05) is 43.0 Å². The first-order valence-corrected chi connectivity index (χ1v) is 10.2.